The van der Waals surface area contributed by atoms with Gasteiger partial charge in [0, 0.05) is 32.0 Å². The van der Waals surface area contributed by atoms with Gasteiger partial charge in [-0.2, -0.15) is 0 Å². The third-order valence-electron chi connectivity index (χ3n) is 2.83. The van der Waals surface area contributed by atoms with Gasteiger partial charge in [-0.1, -0.05) is 13.0 Å². The fraction of sp³-hybridized carbons (Fsp3) is 0.462. The third-order valence-corrected chi connectivity index (χ3v) is 2.83. The maximum Gasteiger partial charge on any atom is 0.274 e. The largest absolute Gasteiger partial charge is 0.370 e. The van der Waals surface area contributed by atoms with Crippen LogP contribution >= 0.6 is 0 Å². The summed E-state index contributed by atoms with van der Waals surface area (Å²) in [5.41, 5.74) is 2.07. The Bertz CT molecular complexity index is 442. The van der Waals surface area contributed by atoms with Crippen molar-refractivity contribution < 1.29 is 4.92 Å². The molecule has 1 N–H and O–H groups in total. The van der Waals surface area contributed by atoms with E-state index in [2.05, 4.69) is 17.2 Å². The van der Waals surface area contributed by atoms with E-state index in [0.717, 1.165) is 23.9 Å². The summed E-state index contributed by atoms with van der Waals surface area (Å²) in [6, 6.07) is 3.99. The predicted octanol–water partition coefficient (Wildman–Crippen LogP) is 1.76. The van der Waals surface area contributed by atoms with Crippen LogP contribution < -0.4 is 5.32 Å². The van der Waals surface area contributed by atoms with Gasteiger partial charge in [-0.15, -0.1) is 0 Å². The summed E-state index contributed by atoms with van der Waals surface area (Å²) in [5, 5.41) is 13.4. The minimum Gasteiger partial charge on any atom is -0.370 e. The second kappa shape index (κ2) is 7.35. The minimum absolute atomic E-state index is 0.451. The van der Waals surface area contributed by atoms with Crippen molar-refractivity contribution in [1.82, 2.24) is 15.2 Å². The minimum atomic E-state index is -0.451. The first-order valence-corrected chi connectivity index (χ1v) is 6.32. The second-order valence-electron chi connectivity index (χ2n) is 4.08. The number of nitrogens with one attached hydrogen (secondary N) is 1. The van der Waals surface area contributed by atoms with Crippen molar-refractivity contribution in [2.24, 2.45) is 0 Å². The number of rotatable bonds is 7. The standard InChI is InChI=1S/C13H20N4O2/c1-4-12-7-6-11(8-15-12)9-16(5-2)13(14-3)10-17(18)19/h6-8,10,14H,4-5,9H2,1-3H3/b13-10+. The Labute approximate surface area is 113 Å². The highest BCUT2D eigenvalue weighted by molar-refractivity contribution is 5.15. The number of hydrogen-bond donors (Lipinski definition) is 1. The molecule has 0 aliphatic rings. The molecule has 0 radical (unpaired) electrons. The van der Waals surface area contributed by atoms with Gasteiger partial charge in [-0.3, -0.25) is 15.1 Å². The molecular formula is C13H20N4O2. The van der Waals surface area contributed by atoms with E-state index in [9.17, 15) is 10.1 Å². The van der Waals surface area contributed by atoms with E-state index in [-0.39, 0.29) is 0 Å². The van der Waals surface area contributed by atoms with Crippen LogP contribution in [0.1, 0.15) is 25.1 Å². The Kier molecular flexibility index (Phi) is 5.78. The van der Waals surface area contributed by atoms with Gasteiger partial charge in [0.2, 0.25) is 0 Å². The lowest BCUT2D eigenvalue weighted by molar-refractivity contribution is -0.404. The molecular weight excluding hydrogens is 244 g/mol. The molecule has 0 saturated heterocycles. The summed E-state index contributed by atoms with van der Waals surface area (Å²) in [6.07, 6.45) is 3.71. The molecule has 1 rings (SSSR count). The lowest BCUT2D eigenvalue weighted by Crippen LogP contribution is -2.30. The summed E-state index contributed by atoms with van der Waals surface area (Å²) < 4.78 is 0. The lowest BCUT2D eigenvalue weighted by atomic mass is 10.2. The van der Waals surface area contributed by atoms with Crippen LogP contribution in [0.2, 0.25) is 0 Å². The quantitative estimate of drug-likeness (QED) is 0.600. The number of aromatic nitrogens is 1. The third kappa shape index (κ3) is 4.57. The molecule has 0 aliphatic carbocycles. The van der Waals surface area contributed by atoms with Crippen LogP contribution in [-0.2, 0) is 13.0 Å². The van der Waals surface area contributed by atoms with Gasteiger partial charge in [0.05, 0.1) is 4.92 Å². The molecule has 0 atom stereocenters. The summed E-state index contributed by atoms with van der Waals surface area (Å²) in [7, 11) is 1.68. The number of nitro groups is 1. The van der Waals surface area contributed by atoms with Gasteiger partial charge in [-0.25, -0.2) is 0 Å². The maximum atomic E-state index is 10.6. The molecule has 0 spiro atoms. The molecule has 0 unspecified atom stereocenters. The highest BCUT2D eigenvalue weighted by atomic mass is 16.6. The Balaban J connectivity index is 2.82. The van der Waals surface area contributed by atoms with E-state index in [0.29, 0.717) is 18.9 Å². The predicted molar refractivity (Wildman–Crippen MR) is 73.8 cm³/mol. The normalized spacial score (nSPS) is 11.2. The molecule has 0 fully saturated rings. The lowest BCUT2D eigenvalue weighted by Gasteiger charge is -2.23. The molecule has 0 amide bonds. The van der Waals surface area contributed by atoms with Crippen LogP contribution in [0.5, 0.6) is 0 Å². The Morgan fingerprint density at radius 2 is 2.26 bits per heavy atom. The number of aryl methyl sites for hydroxylation is 1. The molecule has 0 aromatic carbocycles. The van der Waals surface area contributed by atoms with Gasteiger partial charge in [0.1, 0.15) is 0 Å². The van der Waals surface area contributed by atoms with Crippen molar-refractivity contribution in [3.05, 3.63) is 51.7 Å². The summed E-state index contributed by atoms with van der Waals surface area (Å²) in [4.78, 5) is 16.3. The first kappa shape index (κ1) is 14.9. The monoisotopic (exact) mass is 264 g/mol. The summed E-state index contributed by atoms with van der Waals surface area (Å²) >= 11 is 0. The van der Waals surface area contributed by atoms with E-state index in [4.69, 9.17) is 0 Å². The van der Waals surface area contributed by atoms with Crippen LogP contribution in [-0.4, -0.2) is 28.4 Å². The highest BCUT2D eigenvalue weighted by Crippen LogP contribution is 2.09. The highest BCUT2D eigenvalue weighted by Gasteiger charge is 2.11. The van der Waals surface area contributed by atoms with Crippen molar-refractivity contribution in [2.75, 3.05) is 13.6 Å². The molecule has 104 valence electrons. The van der Waals surface area contributed by atoms with E-state index in [1.807, 2.05) is 30.2 Å². The first-order chi connectivity index (χ1) is 9.10. The molecule has 6 nitrogen and oxygen atoms in total. The van der Waals surface area contributed by atoms with E-state index in [1.54, 1.807) is 7.05 Å². The van der Waals surface area contributed by atoms with Gasteiger partial charge in [0.25, 0.3) is 6.20 Å². The van der Waals surface area contributed by atoms with Crippen LogP contribution in [0.25, 0.3) is 0 Å². The summed E-state index contributed by atoms with van der Waals surface area (Å²) in [5.74, 6) is 0.493. The van der Waals surface area contributed by atoms with E-state index >= 15 is 0 Å². The zero-order chi connectivity index (χ0) is 14.3. The Morgan fingerprint density at radius 1 is 1.53 bits per heavy atom. The molecule has 1 heterocycles. The fourth-order valence-electron chi connectivity index (χ4n) is 1.75. The van der Waals surface area contributed by atoms with Crippen molar-refractivity contribution >= 4 is 0 Å². The average Bonchev–Trinajstić information content (AvgIpc) is 2.43. The molecule has 1 aromatic heterocycles. The SMILES string of the molecule is CCc1ccc(CN(CC)/C(=C/[N+](=O)[O-])NC)cn1. The fourth-order valence-corrected chi connectivity index (χ4v) is 1.75. The molecule has 0 bridgehead atoms. The Morgan fingerprint density at radius 3 is 2.68 bits per heavy atom. The van der Waals surface area contributed by atoms with Crippen molar-refractivity contribution in [3.8, 4) is 0 Å². The van der Waals surface area contributed by atoms with Crippen molar-refractivity contribution in [3.63, 3.8) is 0 Å². The molecule has 1 aromatic rings. The molecule has 19 heavy (non-hydrogen) atoms. The Hall–Kier alpha value is -2.11. The molecule has 6 heteroatoms. The van der Waals surface area contributed by atoms with Crippen LogP contribution in [0, 0.1) is 10.1 Å². The summed E-state index contributed by atoms with van der Waals surface area (Å²) in [6.45, 7) is 5.28. The van der Waals surface area contributed by atoms with E-state index < -0.39 is 4.92 Å². The van der Waals surface area contributed by atoms with Crippen LogP contribution in [0.15, 0.2) is 30.4 Å². The number of nitrogens with zero attached hydrogens (tertiary/aromatic N) is 3. The molecule has 0 saturated carbocycles. The number of hydrogen-bond acceptors (Lipinski definition) is 5. The van der Waals surface area contributed by atoms with Gasteiger partial charge < -0.3 is 10.2 Å². The van der Waals surface area contributed by atoms with Crippen LogP contribution in [0.4, 0.5) is 0 Å². The smallest absolute Gasteiger partial charge is 0.274 e. The number of pyridine rings is 1. The van der Waals surface area contributed by atoms with Gasteiger partial charge >= 0.3 is 0 Å². The average molecular weight is 264 g/mol. The van der Waals surface area contributed by atoms with Crippen molar-refractivity contribution in [2.45, 2.75) is 26.8 Å². The first-order valence-electron chi connectivity index (χ1n) is 6.32. The van der Waals surface area contributed by atoms with Gasteiger partial charge in [-0.05, 0) is 25.0 Å². The van der Waals surface area contributed by atoms with E-state index in [1.165, 1.54) is 0 Å². The van der Waals surface area contributed by atoms with Crippen molar-refractivity contribution in [1.29, 1.82) is 0 Å². The topological polar surface area (TPSA) is 71.3 Å². The van der Waals surface area contributed by atoms with Crippen LogP contribution in [0.3, 0.4) is 0 Å². The zero-order valence-electron chi connectivity index (χ0n) is 11.6. The molecule has 0 aliphatic heterocycles. The van der Waals surface area contributed by atoms with Gasteiger partial charge in [0.15, 0.2) is 5.82 Å². The second-order valence-corrected chi connectivity index (χ2v) is 4.08. The zero-order valence-corrected chi connectivity index (χ0v) is 11.6. The maximum absolute atomic E-state index is 10.6.